The van der Waals surface area contributed by atoms with Gasteiger partial charge in [-0.25, -0.2) is 4.79 Å². The Morgan fingerprint density at radius 2 is 2.12 bits per heavy atom. The number of Topliss-reactive ketones (excluding diaryl/α,β-unsaturated/α-hetero) is 1. The minimum absolute atomic E-state index is 0.0365. The molecular weight excluding hydrogens is 312 g/mol. The van der Waals surface area contributed by atoms with E-state index in [4.69, 9.17) is 0 Å². The van der Waals surface area contributed by atoms with Crippen LogP contribution in [0.2, 0.25) is 0 Å². The van der Waals surface area contributed by atoms with E-state index in [0.29, 0.717) is 23.2 Å². The van der Waals surface area contributed by atoms with Crippen molar-refractivity contribution in [2.75, 3.05) is 0 Å². The van der Waals surface area contributed by atoms with E-state index in [1.165, 1.54) is 16.5 Å². The molecule has 8 heteroatoms. The Hall–Kier alpha value is -2.77. The number of carbonyl (C=O) groups is 3. The summed E-state index contributed by atoms with van der Waals surface area (Å²) in [6.07, 6.45) is 4.51. The molecule has 1 saturated heterocycles. The number of likely N-dealkylation sites (tertiary alicyclic amines) is 1. The maximum Gasteiger partial charge on any atom is 0.326 e. The van der Waals surface area contributed by atoms with Crippen LogP contribution < -0.4 is 0 Å². The molecule has 8 nitrogen and oxygen atoms in total. The number of amides is 1. The molecule has 24 heavy (non-hydrogen) atoms. The van der Waals surface area contributed by atoms with Crippen molar-refractivity contribution in [3.05, 3.63) is 24.2 Å². The van der Waals surface area contributed by atoms with Gasteiger partial charge in [0.15, 0.2) is 5.78 Å². The fraction of sp³-hybridized carbons (Fsp3) is 0.438. The van der Waals surface area contributed by atoms with Crippen molar-refractivity contribution in [2.24, 2.45) is 5.92 Å². The summed E-state index contributed by atoms with van der Waals surface area (Å²) < 4.78 is 1.46. The largest absolute Gasteiger partial charge is 0.480 e. The maximum absolute atomic E-state index is 12.7. The number of aromatic nitrogens is 3. The number of ketones is 1. The van der Waals surface area contributed by atoms with Gasteiger partial charge in [0.25, 0.3) is 0 Å². The SMILES string of the molecule is CC(=O)c1nn(CC(=O)N2[C@@H]3C[C@@H]3C[C@H]2C(=O)O)c2ccncc12. The number of pyridine rings is 1. The Labute approximate surface area is 137 Å². The molecule has 2 aliphatic rings. The number of carboxylic acid groups (broad SMARTS) is 1. The number of hydrogen-bond acceptors (Lipinski definition) is 5. The van der Waals surface area contributed by atoms with Gasteiger partial charge in [0.2, 0.25) is 5.91 Å². The Morgan fingerprint density at radius 3 is 2.83 bits per heavy atom. The highest BCUT2D eigenvalue weighted by Gasteiger charge is 2.56. The molecule has 0 aromatic carbocycles. The lowest BCUT2D eigenvalue weighted by Gasteiger charge is -2.24. The van der Waals surface area contributed by atoms with Crippen LogP contribution in [-0.4, -0.2) is 54.5 Å². The van der Waals surface area contributed by atoms with Crippen LogP contribution in [0.1, 0.15) is 30.3 Å². The van der Waals surface area contributed by atoms with Crippen LogP contribution in [0.15, 0.2) is 18.5 Å². The summed E-state index contributed by atoms with van der Waals surface area (Å²) in [5.74, 6) is -1.13. The molecule has 2 aromatic heterocycles. The standard InChI is InChI=1S/C16H16N4O4/c1-8(21)15-10-6-17-3-2-11(10)19(18-15)7-14(22)20-12-4-9(12)5-13(20)16(23)24/h2-3,6,9,12-13H,4-5,7H2,1H3,(H,23,24)/t9-,12-,13+/m1/s1. The molecule has 2 fully saturated rings. The van der Waals surface area contributed by atoms with Crippen molar-refractivity contribution >= 4 is 28.6 Å². The van der Waals surface area contributed by atoms with E-state index in [2.05, 4.69) is 10.1 Å². The summed E-state index contributed by atoms with van der Waals surface area (Å²) in [6.45, 7) is 1.33. The van der Waals surface area contributed by atoms with Crippen molar-refractivity contribution < 1.29 is 19.5 Å². The minimum atomic E-state index is -0.963. The van der Waals surface area contributed by atoms with Gasteiger partial charge in [-0.2, -0.15) is 5.10 Å². The number of nitrogens with zero attached hydrogens (tertiary/aromatic N) is 4. The first-order valence-corrected chi connectivity index (χ1v) is 7.83. The van der Waals surface area contributed by atoms with E-state index in [-0.39, 0.29) is 30.0 Å². The molecule has 1 aliphatic carbocycles. The zero-order chi connectivity index (χ0) is 17.0. The highest BCUT2D eigenvalue weighted by molar-refractivity contribution is 6.04. The van der Waals surface area contributed by atoms with Gasteiger partial charge in [0.1, 0.15) is 18.3 Å². The second kappa shape index (κ2) is 5.12. The van der Waals surface area contributed by atoms with E-state index >= 15 is 0 Å². The molecule has 1 amide bonds. The average Bonchev–Trinajstić information content (AvgIpc) is 3.04. The van der Waals surface area contributed by atoms with Crippen molar-refractivity contribution in [1.29, 1.82) is 0 Å². The Kier molecular flexibility index (Phi) is 3.16. The van der Waals surface area contributed by atoms with Gasteiger partial charge in [0.05, 0.1) is 5.52 Å². The Morgan fingerprint density at radius 1 is 1.33 bits per heavy atom. The molecule has 3 heterocycles. The minimum Gasteiger partial charge on any atom is -0.480 e. The fourth-order valence-electron chi connectivity index (χ4n) is 3.65. The zero-order valence-electron chi connectivity index (χ0n) is 13.0. The van der Waals surface area contributed by atoms with Crippen molar-refractivity contribution in [3.63, 3.8) is 0 Å². The van der Waals surface area contributed by atoms with Crippen LogP contribution in [0, 0.1) is 5.92 Å². The van der Waals surface area contributed by atoms with Gasteiger partial charge < -0.3 is 10.0 Å². The lowest BCUT2D eigenvalue weighted by molar-refractivity contribution is -0.149. The molecule has 0 unspecified atom stereocenters. The van der Waals surface area contributed by atoms with Gasteiger partial charge in [-0.15, -0.1) is 0 Å². The Bertz CT molecular complexity index is 874. The molecule has 1 aliphatic heterocycles. The summed E-state index contributed by atoms with van der Waals surface area (Å²) in [6, 6.07) is 0.979. The first-order chi connectivity index (χ1) is 11.5. The molecule has 0 radical (unpaired) electrons. The smallest absolute Gasteiger partial charge is 0.326 e. The second-order valence-corrected chi connectivity index (χ2v) is 6.41. The molecule has 2 aromatic rings. The van der Waals surface area contributed by atoms with Crippen molar-refractivity contribution in [1.82, 2.24) is 19.7 Å². The van der Waals surface area contributed by atoms with Gasteiger partial charge in [-0.05, 0) is 24.8 Å². The number of carbonyl (C=O) groups excluding carboxylic acids is 2. The van der Waals surface area contributed by atoms with Gasteiger partial charge in [0, 0.05) is 30.7 Å². The van der Waals surface area contributed by atoms with Crippen LogP contribution in [0.4, 0.5) is 0 Å². The monoisotopic (exact) mass is 328 g/mol. The zero-order valence-corrected chi connectivity index (χ0v) is 13.0. The van der Waals surface area contributed by atoms with Crippen molar-refractivity contribution in [3.8, 4) is 0 Å². The first-order valence-electron chi connectivity index (χ1n) is 7.83. The average molecular weight is 328 g/mol. The van der Waals surface area contributed by atoms with Crippen LogP contribution >= 0.6 is 0 Å². The van der Waals surface area contributed by atoms with Crippen molar-refractivity contribution in [2.45, 2.75) is 38.4 Å². The van der Waals surface area contributed by atoms with E-state index < -0.39 is 12.0 Å². The lowest BCUT2D eigenvalue weighted by Crippen LogP contribution is -2.44. The van der Waals surface area contributed by atoms with Crippen LogP contribution in [0.5, 0.6) is 0 Å². The van der Waals surface area contributed by atoms with E-state index in [0.717, 1.165) is 6.42 Å². The third kappa shape index (κ3) is 2.17. The number of rotatable bonds is 4. The topological polar surface area (TPSA) is 105 Å². The normalized spacial score (nSPS) is 24.9. The summed E-state index contributed by atoms with van der Waals surface area (Å²) in [5.41, 5.74) is 0.911. The second-order valence-electron chi connectivity index (χ2n) is 6.41. The predicted molar refractivity (Wildman–Crippen MR) is 82.3 cm³/mol. The molecular formula is C16H16N4O4. The summed E-state index contributed by atoms with van der Waals surface area (Å²) in [4.78, 5) is 41.3. The number of fused-ring (bicyclic) bond motifs is 2. The number of aliphatic carboxylic acids is 1. The third-order valence-corrected chi connectivity index (χ3v) is 4.85. The number of piperidine rings is 1. The quantitative estimate of drug-likeness (QED) is 0.829. The fourth-order valence-corrected chi connectivity index (χ4v) is 3.65. The highest BCUT2D eigenvalue weighted by atomic mass is 16.4. The molecule has 4 rings (SSSR count). The summed E-state index contributed by atoms with van der Waals surface area (Å²) in [5, 5.41) is 14.2. The molecule has 1 N–H and O–H groups in total. The van der Waals surface area contributed by atoms with Gasteiger partial charge in [-0.1, -0.05) is 0 Å². The summed E-state index contributed by atoms with van der Waals surface area (Å²) in [7, 11) is 0. The van der Waals surface area contributed by atoms with Crippen LogP contribution in [0.25, 0.3) is 10.9 Å². The van der Waals surface area contributed by atoms with E-state index in [1.807, 2.05) is 0 Å². The molecule has 0 spiro atoms. The molecule has 1 saturated carbocycles. The molecule has 3 atom stereocenters. The maximum atomic E-state index is 12.7. The predicted octanol–water partition coefficient (Wildman–Crippen LogP) is 0.708. The van der Waals surface area contributed by atoms with Gasteiger partial charge in [-0.3, -0.25) is 19.3 Å². The van der Waals surface area contributed by atoms with E-state index in [9.17, 15) is 19.5 Å². The van der Waals surface area contributed by atoms with Crippen LogP contribution in [-0.2, 0) is 16.1 Å². The number of hydrogen-bond donors (Lipinski definition) is 1. The lowest BCUT2D eigenvalue weighted by atomic mass is 10.1. The van der Waals surface area contributed by atoms with E-state index in [1.54, 1.807) is 18.5 Å². The van der Waals surface area contributed by atoms with Crippen LogP contribution in [0.3, 0.4) is 0 Å². The van der Waals surface area contributed by atoms with Gasteiger partial charge >= 0.3 is 5.97 Å². The molecule has 124 valence electrons. The third-order valence-electron chi connectivity index (χ3n) is 4.85. The molecule has 0 bridgehead atoms. The first kappa shape index (κ1) is 14.8. The highest BCUT2D eigenvalue weighted by Crippen LogP contribution is 2.47. The Balaban J connectivity index is 1.66. The summed E-state index contributed by atoms with van der Waals surface area (Å²) >= 11 is 0. The number of carboxylic acids is 1.